The summed E-state index contributed by atoms with van der Waals surface area (Å²) in [7, 11) is 0. The first-order valence-electron chi connectivity index (χ1n) is 20.5. The van der Waals surface area contributed by atoms with Crippen molar-refractivity contribution >= 4 is 23.2 Å². The standard InChI is InChI=1S/C48H55N5O5/c49-43-13-4-5-14-44(43)51-47(56)16-7-6-15-46(55)50-31-37-11-8-12-41(29-37)38-21-23-40(24-22-38)48-57-42(30-45(58-48)39-19-17-36(34-54)18-20-39)33-53-27-25-52(26-28-53)32-35-9-2-1-3-10-35/h1-5,8-14,17-24,29,42,45,48,54H,6-7,15-16,25-28,30-34,49H2,(H,50,55)(H,51,56)/t42-,45+,48+/m1/s1. The van der Waals surface area contributed by atoms with Gasteiger partial charge in [0.2, 0.25) is 11.8 Å². The number of rotatable bonds is 16. The van der Waals surface area contributed by atoms with Crippen molar-refractivity contribution in [3.63, 3.8) is 0 Å². The summed E-state index contributed by atoms with van der Waals surface area (Å²) in [6.07, 6.45) is 2.00. The molecule has 0 bridgehead atoms. The van der Waals surface area contributed by atoms with Gasteiger partial charge >= 0.3 is 0 Å². The van der Waals surface area contributed by atoms with E-state index in [9.17, 15) is 14.7 Å². The van der Waals surface area contributed by atoms with Gasteiger partial charge in [0.05, 0.1) is 30.2 Å². The van der Waals surface area contributed by atoms with E-state index in [2.05, 4.69) is 99.3 Å². The summed E-state index contributed by atoms with van der Waals surface area (Å²) < 4.78 is 13.4. The molecule has 0 saturated carbocycles. The molecule has 2 fully saturated rings. The molecule has 0 unspecified atom stereocenters. The number of nitrogen functional groups attached to an aromatic ring is 1. The third-order valence-electron chi connectivity index (χ3n) is 11.0. The monoisotopic (exact) mass is 781 g/mol. The van der Waals surface area contributed by atoms with Crippen molar-refractivity contribution in [3.05, 3.63) is 155 Å². The van der Waals surface area contributed by atoms with Gasteiger partial charge in [0, 0.05) is 70.6 Å². The number of para-hydroxylation sites is 2. The number of aliphatic hydroxyl groups is 1. The van der Waals surface area contributed by atoms with Crippen LogP contribution in [0.1, 0.15) is 72.3 Å². The number of carbonyl (C=O) groups is 2. The van der Waals surface area contributed by atoms with Gasteiger partial charge in [0.15, 0.2) is 6.29 Å². The largest absolute Gasteiger partial charge is 0.397 e. The van der Waals surface area contributed by atoms with Crippen LogP contribution < -0.4 is 16.4 Å². The molecule has 0 spiro atoms. The van der Waals surface area contributed by atoms with Crippen LogP contribution in [0.25, 0.3) is 11.1 Å². The second-order valence-electron chi connectivity index (χ2n) is 15.4. The minimum absolute atomic E-state index is 0.00693. The van der Waals surface area contributed by atoms with E-state index in [-0.39, 0.29) is 30.6 Å². The van der Waals surface area contributed by atoms with Crippen molar-refractivity contribution in [2.24, 2.45) is 0 Å². The van der Waals surface area contributed by atoms with E-state index in [0.29, 0.717) is 43.6 Å². The van der Waals surface area contributed by atoms with Crippen molar-refractivity contribution in [3.8, 4) is 11.1 Å². The number of anilines is 2. The molecule has 2 aliphatic rings. The van der Waals surface area contributed by atoms with Crippen molar-refractivity contribution in [2.75, 3.05) is 43.8 Å². The van der Waals surface area contributed by atoms with E-state index in [1.807, 2.05) is 36.4 Å². The zero-order valence-corrected chi connectivity index (χ0v) is 33.1. The van der Waals surface area contributed by atoms with E-state index in [0.717, 1.165) is 79.1 Å². The van der Waals surface area contributed by atoms with Crippen LogP contribution in [-0.4, -0.2) is 65.5 Å². The van der Waals surface area contributed by atoms with Crippen LogP contribution in [0, 0.1) is 0 Å². The predicted octanol–water partition coefficient (Wildman–Crippen LogP) is 7.61. The Morgan fingerprint density at radius 1 is 0.672 bits per heavy atom. The van der Waals surface area contributed by atoms with E-state index in [1.165, 1.54) is 5.56 Å². The lowest BCUT2D eigenvalue weighted by Gasteiger charge is -2.40. The molecule has 5 aromatic rings. The molecule has 302 valence electrons. The number of nitrogens with zero attached hydrogens (tertiary/aromatic N) is 2. The second kappa shape index (κ2) is 20.4. The Morgan fingerprint density at radius 3 is 2.09 bits per heavy atom. The van der Waals surface area contributed by atoms with Gasteiger partial charge in [0.25, 0.3) is 0 Å². The molecule has 10 nitrogen and oxygen atoms in total. The second-order valence-corrected chi connectivity index (χ2v) is 15.4. The molecule has 2 amide bonds. The first-order chi connectivity index (χ1) is 28.4. The van der Waals surface area contributed by atoms with E-state index in [4.69, 9.17) is 15.2 Å². The Labute approximate surface area is 342 Å². The number of hydrogen-bond acceptors (Lipinski definition) is 8. The Morgan fingerprint density at radius 2 is 1.34 bits per heavy atom. The maximum Gasteiger partial charge on any atom is 0.224 e. The molecular formula is C48H55N5O5. The lowest BCUT2D eigenvalue weighted by atomic mass is 9.98. The summed E-state index contributed by atoms with van der Waals surface area (Å²) in [6.45, 7) is 6.29. The zero-order chi connectivity index (χ0) is 40.1. The highest BCUT2D eigenvalue weighted by molar-refractivity contribution is 5.93. The molecule has 0 radical (unpaired) electrons. The number of benzene rings is 5. The summed E-state index contributed by atoms with van der Waals surface area (Å²) in [5.41, 5.74) is 14.4. The summed E-state index contributed by atoms with van der Waals surface area (Å²) in [6, 6.07) is 42.4. The third kappa shape index (κ3) is 11.6. The average Bonchev–Trinajstić information content (AvgIpc) is 3.26. The third-order valence-corrected chi connectivity index (χ3v) is 11.0. The molecule has 2 aliphatic heterocycles. The number of nitrogens with two attached hydrogens (primary N) is 1. The normalized spacial score (nSPS) is 18.7. The average molecular weight is 782 g/mol. The molecule has 5 aromatic carbocycles. The minimum Gasteiger partial charge on any atom is -0.397 e. The van der Waals surface area contributed by atoms with Crippen LogP contribution in [0.2, 0.25) is 0 Å². The Kier molecular flexibility index (Phi) is 14.3. The van der Waals surface area contributed by atoms with Crippen LogP contribution in [0.3, 0.4) is 0 Å². The van der Waals surface area contributed by atoms with E-state index >= 15 is 0 Å². The van der Waals surface area contributed by atoms with Crippen molar-refractivity contribution in [2.45, 2.75) is 70.3 Å². The number of ether oxygens (including phenoxy) is 2. The maximum atomic E-state index is 12.6. The van der Waals surface area contributed by atoms with Crippen LogP contribution in [0.5, 0.6) is 0 Å². The van der Waals surface area contributed by atoms with Gasteiger partial charge in [-0.05, 0) is 64.4 Å². The maximum absolute atomic E-state index is 12.6. The number of piperazine rings is 1. The first-order valence-corrected chi connectivity index (χ1v) is 20.5. The summed E-state index contributed by atoms with van der Waals surface area (Å²) in [5, 5.41) is 15.5. The van der Waals surface area contributed by atoms with Gasteiger partial charge < -0.3 is 30.9 Å². The topological polar surface area (TPSA) is 129 Å². The number of hydrogen-bond donors (Lipinski definition) is 4. The lowest BCUT2D eigenvalue weighted by molar-refractivity contribution is -0.253. The number of aliphatic hydroxyl groups excluding tert-OH is 1. The van der Waals surface area contributed by atoms with Crippen molar-refractivity contribution in [1.82, 2.24) is 15.1 Å². The van der Waals surface area contributed by atoms with Crippen LogP contribution in [0.4, 0.5) is 11.4 Å². The molecule has 2 heterocycles. The number of nitrogens with one attached hydrogen (secondary N) is 2. The SMILES string of the molecule is Nc1ccccc1NC(=O)CCCCC(=O)NCc1cccc(-c2ccc([C@H]3O[C@@H](CN4CCN(Cc5ccccc5)CC4)C[C@@H](c4ccc(CO)cc4)O3)cc2)c1. The molecule has 0 aliphatic carbocycles. The summed E-state index contributed by atoms with van der Waals surface area (Å²) in [4.78, 5) is 30.0. The lowest BCUT2D eigenvalue weighted by Crippen LogP contribution is -2.49. The Bertz CT molecular complexity index is 2070. The highest BCUT2D eigenvalue weighted by atomic mass is 16.7. The smallest absolute Gasteiger partial charge is 0.224 e. The highest BCUT2D eigenvalue weighted by Crippen LogP contribution is 2.39. The predicted molar refractivity (Wildman–Crippen MR) is 228 cm³/mol. The van der Waals surface area contributed by atoms with Crippen LogP contribution in [-0.2, 0) is 38.8 Å². The van der Waals surface area contributed by atoms with Crippen molar-refractivity contribution < 1.29 is 24.2 Å². The molecule has 5 N–H and O–H groups in total. The molecule has 58 heavy (non-hydrogen) atoms. The Hall–Kier alpha value is -5.36. The molecule has 7 rings (SSSR count). The number of amides is 2. The van der Waals surface area contributed by atoms with Crippen molar-refractivity contribution in [1.29, 1.82) is 0 Å². The molecular weight excluding hydrogens is 727 g/mol. The fourth-order valence-corrected chi connectivity index (χ4v) is 7.67. The minimum atomic E-state index is -0.520. The Balaban J connectivity index is 0.917. The number of unbranched alkanes of at least 4 members (excludes halogenated alkanes) is 1. The fraction of sp³-hybridized carbons (Fsp3) is 0.333. The number of carbonyl (C=O) groups excluding carboxylic acids is 2. The molecule has 2 saturated heterocycles. The van der Waals surface area contributed by atoms with Crippen LogP contribution in [0.15, 0.2) is 127 Å². The van der Waals surface area contributed by atoms with Gasteiger partial charge in [-0.2, -0.15) is 0 Å². The van der Waals surface area contributed by atoms with Gasteiger partial charge in [-0.15, -0.1) is 0 Å². The van der Waals surface area contributed by atoms with Gasteiger partial charge in [-0.1, -0.05) is 109 Å². The van der Waals surface area contributed by atoms with E-state index < -0.39 is 6.29 Å². The molecule has 0 aromatic heterocycles. The van der Waals surface area contributed by atoms with Crippen LogP contribution >= 0.6 is 0 Å². The van der Waals surface area contributed by atoms with E-state index in [1.54, 1.807) is 12.1 Å². The zero-order valence-electron chi connectivity index (χ0n) is 33.1. The molecule has 10 heteroatoms. The summed E-state index contributed by atoms with van der Waals surface area (Å²) in [5.74, 6) is -0.152. The van der Waals surface area contributed by atoms with Gasteiger partial charge in [-0.3, -0.25) is 19.4 Å². The summed E-state index contributed by atoms with van der Waals surface area (Å²) >= 11 is 0. The van der Waals surface area contributed by atoms with Gasteiger partial charge in [0.1, 0.15) is 0 Å². The molecule has 3 atom stereocenters. The fourth-order valence-electron chi connectivity index (χ4n) is 7.67. The quantitative estimate of drug-likeness (QED) is 0.0595. The van der Waals surface area contributed by atoms with Gasteiger partial charge in [-0.25, -0.2) is 0 Å². The highest BCUT2D eigenvalue weighted by Gasteiger charge is 2.34. The first kappa shape index (κ1) is 40.8.